The Morgan fingerprint density at radius 2 is 1.14 bits per heavy atom. The van der Waals surface area contributed by atoms with Gasteiger partial charge >= 0.3 is 0 Å². The first-order chi connectivity index (χ1) is 21.4. The fraction of sp³-hybridized carbons (Fsp3) is 0.222. The van der Waals surface area contributed by atoms with Crippen molar-refractivity contribution in [3.05, 3.63) is 107 Å². The molecule has 8 nitrogen and oxygen atoms in total. The summed E-state index contributed by atoms with van der Waals surface area (Å²) >= 11 is 0. The number of amides is 4. The molecule has 0 bridgehead atoms. The van der Waals surface area contributed by atoms with Crippen LogP contribution in [-0.2, 0) is 0 Å². The predicted octanol–water partition coefficient (Wildman–Crippen LogP) is 4.95. The summed E-state index contributed by atoms with van der Waals surface area (Å²) in [6.07, 6.45) is 0.830. The molecule has 1 N–H and O–H groups in total. The van der Waals surface area contributed by atoms with Crippen LogP contribution in [0.2, 0.25) is 0 Å². The molecule has 4 amide bonds. The van der Waals surface area contributed by atoms with Crippen molar-refractivity contribution in [2.45, 2.75) is 6.42 Å². The molecule has 0 saturated heterocycles. The third-order valence-electron chi connectivity index (χ3n) is 8.80. The van der Waals surface area contributed by atoms with E-state index >= 15 is 0 Å². The first-order valence-corrected chi connectivity index (χ1v) is 15.0. The third kappa shape index (κ3) is 4.63. The van der Waals surface area contributed by atoms with E-state index in [0.717, 1.165) is 45.3 Å². The van der Waals surface area contributed by atoms with Crippen LogP contribution in [0.4, 0.5) is 0 Å². The molecule has 7 rings (SSSR count). The maximum Gasteiger partial charge on any atom is 0.261 e. The average molecular weight is 585 g/mol. The van der Waals surface area contributed by atoms with Gasteiger partial charge in [0.1, 0.15) is 0 Å². The van der Waals surface area contributed by atoms with Crippen molar-refractivity contribution in [1.82, 2.24) is 20.0 Å². The zero-order valence-electron chi connectivity index (χ0n) is 24.5. The summed E-state index contributed by atoms with van der Waals surface area (Å²) in [5.74, 6) is -1.01. The van der Waals surface area contributed by atoms with Crippen LogP contribution in [0.5, 0.6) is 0 Å². The molecule has 5 aromatic carbocycles. The van der Waals surface area contributed by atoms with E-state index in [1.807, 2.05) is 79.8 Å². The van der Waals surface area contributed by atoms with Crippen molar-refractivity contribution in [3.8, 4) is 0 Å². The topological polar surface area (TPSA) is 90.0 Å². The van der Waals surface area contributed by atoms with Gasteiger partial charge in [-0.1, -0.05) is 60.7 Å². The molecule has 0 aromatic heterocycles. The molecule has 5 aromatic rings. The van der Waals surface area contributed by atoms with Crippen LogP contribution in [0, 0.1) is 0 Å². The number of carbonyl (C=O) groups is 4. The lowest BCUT2D eigenvalue weighted by molar-refractivity contribution is 0.0589. The van der Waals surface area contributed by atoms with Crippen molar-refractivity contribution >= 4 is 55.9 Å². The molecule has 0 unspecified atom stereocenters. The number of benzene rings is 5. The zero-order chi connectivity index (χ0) is 30.4. The van der Waals surface area contributed by atoms with E-state index in [4.69, 9.17) is 0 Å². The van der Waals surface area contributed by atoms with Gasteiger partial charge in [0, 0.05) is 59.2 Å². The van der Waals surface area contributed by atoms with Gasteiger partial charge < -0.3 is 10.2 Å². The van der Waals surface area contributed by atoms with Gasteiger partial charge in [0.05, 0.1) is 0 Å². The van der Waals surface area contributed by atoms with Crippen molar-refractivity contribution in [2.75, 3.05) is 46.3 Å². The molecule has 44 heavy (non-hydrogen) atoms. The molecule has 2 aliphatic heterocycles. The summed E-state index contributed by atoms with van der Waals surface area (Å²) < 4.78 is 0. The second kappa shape index (κ2) is 11.3. The molecular formula is C36H32N4O4. The molecule has 2 heterocycles. The minimum atomic E-state index is -0.255. The molecular weight excluding hydrogens is 552 g/mol. The summed E-state index contributed by atoms with van der Waals surface area (Å²) in [6.45, 7) is 3.11. The average Bonchev–Trinajstić information content (AvgIpc) is 3.05. The highest BCUT2D eigenvalue weighted by atomic mass is 16.2. The Bertz CT molecular complexity index is 1950. The molecule has 0 fully saturated rings. The van der Waals surface area contributed by atoms with Crippen molar-refractivity contribution in [3.63, 3.8) is 0 Å². The maximum atomic E-state index is 13.5. The lowest BCUT2D eigenvalue weighted by atomic mass is 9.90. The summed E-state index contributed by atoms with van der Waals surface area (Å²) in [4.78, 5) is 57.9. The van der Waals surface area contributed by atoms with Crippen LogP contribution < -0.4 is 5.32 Å². The van der Waals surface area contributed by atoms with Crippen molar-refractivity contribution < 1.29 is 19.2 Å². The molecule has 2 aliphatic rings. The number of nitrogens with zero attached hydrogens (tertiary/aromatic N) is 3. The van der Waals surface area contributed by atoms with Crippen LogP contribution in [0.1, 0.15) is 47.9 Å². The van der Waals surface area contributed by atoms with Gasteiger partial charge in [-0.15, -0.1) is 0 Å². The molecule has 8 heteroatoms. The van der Waals surface area contributed by atoms with Crippen LogP contribution in [0.15, 0.2) is 84.9 Å². The number of hydrogen-bond donors (Lipinski definition) is 1. The maximum absolute atomic E-state index is 13.5. The normalized spacial score (nSPS) is 14.6. The van der Waals surface area contributed by atoms with Crippen molar-refractivity contribution in [2.24, 2.45) is 0 Å². The standard InChI is InChI=1S/C36H32N4O4/c1-38(18-7-16-37-17-19-39-33(41)27-13-4-9-23-10-5-14-28(31(23)27)34(39)42)20-21-40-35(43)29-15-6-12-26-25-11-3-2-8-24(25)22-30(32(26)29)36(40)44/h2-6,8-15,22,37H,7,16-21H2,1H3. The lowest BCUT2D eigenvalue weighted by Gasteiger charge is -2.29. The first-order valence-electron chi connectivity index (χ1n) is 15.0. The zero-order valence-corrected chi connectivity index (χ0v) is 24.5. The minimum Gasteiger partial charge on any atom is -0.315 e. The fourth-order valence-electron chi connectivity index (χ4n) is 6.55. The van der Waals surface area contributed by atoms with E-state index in [-0.39, 0.29) is 23.6 Å². The van der Waals surface area contributed by atoms with Crippen LogP contribution >= 0.6 is 0 Å². The van der Waals surface area contributed by atoms with E-state index in [1.165, 1.54) is 9.80 Å². The van der Waals surface area contributed by atoms with Gasteiger partial charge in [-0.2, -0.15) is 0 Å². The van der Waals surface area contributed by atoms with E-state index in [0.29, 0.717) is 55.0 Å². The largest absolute Gasteiger partial charge is 0.315 e. The molecule has 220 valence electrons. The Labute approximate surface area is 254 Å². The van der Waals surface area contributed by atoms with E-state index in [9.17, 15) is 19.2 Å². The summed E-state index contributed by atoms with van der Waals surface area (Å²) in [6, 6.07) is 26.6. The molecule has 0 aliphatic carbocycles. The molecule has 0 atom stereocenters. The SMILES string of the molecule is CN(CCCNCCN1C(=O)c2cccc3cccc(c23)C1=O)CCN1C(=O)c2cccc3c2c(cc2ccccc23)C1=O. The van der Waals surface area contributed by atoms with Crippen LogP contribution in [0.25, 0.3) is 32.3 Å². The number of carbonyl (C=O) groups excluding carboxylic acids is 4. The Morgan fingerprint density at radius 3 is 1.86 bits per heavy atom. The highest BCUT2D eigenvalue weighted by molar-refractivity contribution is 6.29. The van der Waals surface area contributed by atoms with Crippen LogP contribution in [0.3, 0.4) is 0 Å². The van der Waals surface area contributed by atoms with Gasteiger partial charge in [-0.05, 0) is 72.4 Å². The molecule has 0 saturated carbocycles. The Hall–Kier alpha value is -4.92. The number of rotatable bonds is 10. The smallest absolute Gasteiger partial charge is 0.261 e. The van der Waals surface area contributed by atoms with Crippen molar-refractivity contribution in [1.29, 1.82) is 0 Å². The Balaban J connectivity index is 0.909. The Kier molecular flexibility index (Phi) is 7.16. The van der Waals surface area contributed by atoms with Gasteiger partial charge in [0.25, 0.3) is 23.6 Å². The molecule has 0 radical (unpaired) electrons. The number of hydrogen-bond acceptors (Lipinski definition) is 6. The minimum absolute atomic E-state index is 0.250. The highest BCUT2D eigenvalue weighted by Gasteiger charge is 2.34. The van der Waals surface area contributed by atoms with Gasteiger partial charge in [-0.3, -0.25) is 29.0 Å². The predicted molar refractivity (Wildman–Crippen MR) is 171 cm³/mol. The second-order valence-electron chi connectivity index (χ2n) is 11.5. The third-order valence-corrected chi connectivity index (χ3v) is 8.80. The quantitative estimate of drug-likeness (QED) is 0.142. The van der Waals surface area contributed by atoms with E-state index in [1.54, 1.807) is 12.1 Å². The number of nitrogens with one attached hydrogen (secondary N) is 1. The molecule has 0 spiro atoms. The lowest BCUT2D eigenvalue weighted by Crippen LogP contribution is -2.44. The number of imide groups is 2. The number of fused-ring (bicyclic) bond motifs is 2. The second-order valence-corrected chi connectivity index (χ2v) is 11.5. The van der Waals surface area contributed by atoms with E-state index < -0.39 is 0 Å². The fourth-order valence-corrected chi connectivity index (χ4v) is 6.55. The summed E-state index contributed by atoms with van der Waals surface area (Å²) in [7, 11) is 1.98. The Morgan fingerprint density at radius 1 is 0.568 bits per heavy atom. The highest BCUT2D eigenvalue weighted by Crippen LogP contribution is 2.35. The van der Waals surface area contributed by atoms with Gasteiger partial charge in [0.2, 0.25) is 0 Å². The summed E-state index contributed by atoms with van der Waals surface area (Å²) in [5, 5.41) is 8.66. The first kappa shape index (κ1) is 27.9. The van der Waals surface area contributed by atoms with E-state index in [2.05, 4.69) is 10.2 Å². The monoisotopic (exact) mass is 584 g/mol. The van der Waals surface area contributed by atoms with Gasteiger partial charge in [-0.25, -0.2) is 0 Å². The summed E-state index contributed by atoms with van der Waals surface area (Å²) in [5.41, 5.74) is 2.28. The van der Waals surface area contributed by atoms with Gasteiger partial charge in [0.15, 0.2) is 0 Å². The van der Waals surface area contributed by atoms with Crippen LogP contribution in [-0.4, -0.2) is 84.6 Å². The number of likely N-dealkylation sites (N-methyl/N-ethyl adjacent to an activating group) is 1.